The van der Waals surface area contributed by atoms with E-state index in [1.807, 2.05) is 18.9 Å². The van der Waals surface area contributed by atoms with E-state index in [2.05, 4.69) is 26.2 Å². The molecule has 0 fully saturated rings. The summed E-state index contributed by atoms with van der Waals surface area (Å²) in [4.78, 5) is 13.4. The van der Waals surface area contributed by atoms with Gasteiger partial charge in [0.05, 0.1) is 17.1 Å². The first-order valence-electron chi connectivity index (χ1n) is 4.90. The van der Waals surface area contributed by atoms with E-state index in [0.717, 1.165) is 24.4 Å². The van der Waals surface area contributed by atoms with Gasteiger partial charge in [-0.1, -0.05) is 21.1 Å². The summed E-state index contributed by atoms with van der Waals surface area (Å²) in [7, 11) is 1.89. The van der Waals surface area contributed by atoms with Crippen LogP contribution in [0.1, 0.15) is 18.3 Å². The molecule has 0 N–H and O–H groups in total. The minimum absolute atomic E-state index is 0.117. The van der Waals surface area contributed by atoms with E-state index in [0.29, 0.717) is 6.54 Å². The average Bonchev–Trinajstić information content (AvgIpc) is 2.59. The van der Waals surface area contributed by atoms with E-state index in [4.69, 9.17) is 0 Å². The summed E-state index contributed by atoms with van der Waals surface area (Å²) < 4.78 is 1.79. The van der Waals surface area contributed by atoms with E-state index >= 15 is 0 Å². The quantitative estimate of drug-likeness (QED) is 0.699. The Kier molecular flexibility index (Phi) is 2.77. The molecule has 6 heteroatoms. The Morgan fingerprint density at radius 1 is 1.60 bits per heavy atom. The van der Waals surface area contributed by atoms with Gasteiger partial charge in [-0.3, -0.25) is 9.48 Å². The number of aromatic nitrogens is 3. The van der Waals surface area contributed by atoms with Gasteiger partial charge < -0.3 is 4.90 Å². The van der Waals surface area contributed by atoms with E-state index in [1.165, 1.54) is 0 Å². The van der Waals surface area contributed by atoms with Gasteiger partial charge in [-0.2, -0.15) is 0 Å². The fourth-order valence-electron chi connectivity index (χ4n) is 1.79. The molecule has 1 aromatic rings. The van der Waals surface area contributed by atoms with Crippen LogP contribution in [-0.2, 0) is 24.8 Å². The minimum atomic E-state index is -0.129. The summed E-state index contributed by atoms with van der Waals surface area (Å²) in [6.07, 6.45) is 0.838. The molecule has 0 bridgehead atoms. The third kappa shape index (κ3) is 1.90. The first kappa shape index (κ1) is 10.6. The molecule has 1 aliphatic rings. The van der Waals surface area contributed by atoms with Crippen molar-refractivity contribution in [2.75, 3.05) is 6.54 Å². The predicted molar refractivity (Wildman–Crippen MR) is 58.5 cm³/mol. The van der Waals surface area contributed by atoms with Crippen molar-refractivity contribution in [1.29, 1.82) is 0 Å². The molecule has 1 aromatic heterocycles. The normalized spacial score (nSPS) is 17.4. The molecular formula is C9H13BrN4O. The molecule has 1 atom stereocenters. The Balaban J connectivity index is 2.16. The molecule has 0 aromatic carbocycles. The number of amides is 1. The van der Waals surface area contributed by atoms with E-state index in [-0.39, 0.29) is 10.7 Å². The predicted octanol–water partition coefficient (Wildman–Crippen LogP) is 0.483. The lowest BCUT2D eigenvalue weighted by atomic mass is 10.1. The van der Waals surface area contributed by atoms with Crippen LogP contribution >= 0.6 is 15.9 Å². The topological polar surface area (TPSA) is 51.0 Å². The summed E-state index contributed by atoms with van der Waals surface area (Å²) in [5.41, 5.74) is 2.06. The van der Waals surface area contributed by atoms with Crippen molar-refractivity contribution in [3.8, 4) is 0 Å². The highest BCUT2D eigenvalue weighted by molar-refractivity contribution is 9.10. The number of carbonyl (C=O) groups is 1. The van der Waals surface area contributed by atoms with Crippen LogP contribution in [0, 0.1) is 0 Å². The number of alkyl halides is 1. The Labute approximate surface area is 96.6 Å². The van der Waals surface area contributed by atoms with Crippen molar-refractivity contribution in [1.82, 2.24) is 19.9 Å². The summed E-state index contributed by atoms with van der Waals surface area (Å²) in [6, 6.07) is 0. The zero-order valence-corrected chi connectivity index (χ0v) is 10.4. The van der Waals surface area contributed by atoms with Crippen LogP contribution in [0.4, 0.5) is 0 Å². The third-order valence-corrected chi connectivity index (χ3v) is 3.03. The van der Waals surface area contributed by atoms with Crippen molar-refractivity contribution < 1.29 is 4.79 Å². The Bertz CT molecular complexity index is 387. The van der Waals surface area contributed by atoms with Gasteiger partial charge >= 0.3 is 0 Å². The molecular weight excluding hydrogens is 260 g/mol. The number of nitrogens with zero attached hydrogens (tertiary/aromatic N) is 4. The third-order valence-electron chi connectivity index (χ3n) is 2.63. The number of fused-ring (bicyclic) bond motifs is 1. The summed E-state index contributed by atoms with van der Waals surface area (Å²) >= 11 is 3.29. The second kappa shape index (κ2) is 3.92. The van der Waals surface area contributed by atoms with Crippen LogP contribution in [0.5, 0.6) is 0 Å². The van der Waals surface area contributed by atoms with Gasteiger partial charge in [-0.05, 0) is 6.92 Å². The Hall–Kier alpha value is -0.910. The molecule has 15 heavy (non-hydrogen) atoms. The highest BCUT2D eigenvalue weighted by Gasteiger charge is 2.26. The lowest BCUT2D eigenvalue weighted by Gasteiger charge is -2.27. The fourth-order valence-corrected chi connectivity index (χ4v) is 2.08. The Morgan fingerprint density at radius 3 is 3.00 bits per heavy atom. The molecule has 1 amide bonds. The second-order valence-corrected chi connectivity index (χ2v) is 5.11. The Morgan fingerprint density at radius 2 is 2.33 bits per heavy atom. The zero-order chi connectivity index (χ0) is 11.0. The van der Waals surface area contributed by atoms with Crippen molar-refractivity contribution in [2.24, 2.45) is 7.05 Å². The molecule has 82 valence electrons. The van der Waals surface area contributed by atoms with Crippen LogP contribution in [-0.4, -0.2) is 37.2 Å². The largest absolute Gasteiger partial charge is 0.335 e. The van der Waals surface area contributed by atoms with Gasteiger partial charge in [-0.15, -0.1) is 5.10 Å². The lowest BCUT2D eigenvalue weighted by Crippen LogP contribution is -2.39. The molecule has 0 unspecified atom stereocenters. The molecule has 1 aliphatic heterocycles. The van der Waals surface area contributed by atoms with Crippen molar-refractivity contribution in [3.63, 3.8) is 0 Å². The molecule has 2 rings (SSSR count). The van der Waals surface area contributed by atoms with Crippen LogP contribution in [0.15, 0.2) is 0 Å². The zero-order valence-electron chi connectivity index (χ0n) is 8.77. The maximum absolute atomic E-state index is 11.7. The smallest absolute Gasteiger partial charge is 0.236 e. The van der Waals surface area contributed by atoms with Gasteiger partial charge in [-0.25, -0.2) is 0 Å². The number of rotatable bonds is 1. The van der Waals surface area contributed by atoms with E-state index < -0.39 is 0 Å². The molecule has 0 spiro atoms. The molecule has 0 saturated heterocycles. The first-order chi connectivity index (χ1) is 7.09. The number of hydrogen-bond acceptors (Lipinski definition) is 3. The molecule has 0 radical (unpaired) electrons. The van der Waals surface area contributed by atoms with Gasteiger partial charge in [0, 0.05) is 20.0 Å². The average molecular weight is 273 g/mol. The lowest BCUT2D eigenvalue weighted by molar-refractivity contribution is -0.131. The second-order valence-electron chi connectivity index (χ2n) is 3.73. The number of halogens is 1. The van der Waals surface area contributed by atoms with Crippen LogP contribution in [0.2, 0.25) is 0 Å². The maximum Gasteiger partial charge on any atom is 0.236 e. The van der Waals surface area contributed by atoms with Gasteiger partial charge in [0.25, 0.3) is 0 Å². The number of hydrogen-bond donors (Lipinski definition) is 0. The SMILES string of the molecule is C[C@@H](Br)C(=O)N1CCc2c(nnn2C)C1. The fraction of sp³-hybridized carbons (Fsp3) is 0.667. The first-order valence-corrected chi connectivity index (χ1v) is 5.81. The summed E-state index contributed by atoms with van der Waals surface area (Å²) in [6.45, 7) is 3.18. The molecule has 0 saturated carbocycles. The standard InChI is InChI=1S/C9H13BrN4O/c1-6(10)9(15)14-4-3-8-7(5-14)11-12-13(8)2/h6H,3-5H2,1-2H3/t6-/m1/s1. The number of aryl methyl sites for hydroxylation is 1. The molecule has 5 nitrogen and oxygen atoms in total. The van der Waals surface area contributed by atoms with E-state index in [9.17, 15) is 4.79 Å². The molecule has 2 heterocycles. The molecule has 0 aliphatic carbocycles. The highest BCUT2D eigenvalue weighted by Crippen LogP contribution is 2.17. The highest BCUT2D eigenvalue weighted by atomic mass is 79.9. The minimum Gasteiger partial charge on any atom is -0.335 e. The van der Waals surface area contributed by atoms with Crippen LogP contribution in [0.25, 0.3) is 0 Å². The van der Waals surface area contributed by atoms with Gasteiger partial charge in [0.2, 0.25) is 5.91 Å². The van der Waals surface area contributed by atoms with Crippen molar-refractivity contribution >= 4 is 21.8 Å². The van der Waals surface area contributed by atoms with Crippen LogP contribution < -0.4 is 0 Å². The van der Waals surface area contributed by atoms with Crippen molar-refractivity contribution in [3.05, 3.63) is 11.4 Å². The summed E-state index contributed by atoms with van der Waals surface area (Å²) in [5.74, 6) is 0.117. The van der Waals surface area contributed by atoms with Crippen LogP contribution in [0.3, 0.4) is 0 Å². The maximum atomic E-state index is 11.7. The van der Waals surface area contributed by atoms with Gasteiger partial charge in [0.15, 0.2) is 0 Å². The van der Waals surface area contributed by atoms with Gasteiger partial charge in [0.1, 0.15) is 5.69 Å². The monoisotopic (exact) mass is 272 g/mol. The van der Waals surface area contributed by atoms with E-state index in [1.54, 1.807) is 4.68 Å². The summed E-state index contributed by atoms with van der Waals surface area (Å²) in [5, 5.41) is 8.01. The van der Waals surface area contributed by atoms with Crippen molar-refractivity contribution in [2.45, 2.75) is 24.7 Å². The number of carbonyl (C=O) groups excluding carboxylic acids is 1.